The summed E-state index contributed by atoms with van der Waals surface area (Å²) in [5, 5.41) is 0. The number of carbonyl (C=O) groups is 1. The van der Waals surface area contributed by atoms with Gasteiger partial charge in [0.2, 0.25) is 5.91 Å². The van der Waals surface area contributed by atoms with Crippen molar-refractivity contribution >= 4 is 17.2 Å². The minimum absolute atomic E-state index is 0.137. The molecule has 0 aromatic heterocycles. The third kappa shape index (κ3) is 3.67. The quantitative estimate of drug-likeness (QED) is 0.831. The van der Waals surface area contributed by atoms with Crippen LogP contribution in [0.15, 0.2) is 66.7 Å². The van der Waals surface area contributed by atoms with Crippen LogP contribution in [-0.4, -0.2) is 37.0 Å². The molecule has 2 aliphatic rings. The zero-order chi connectivity index (χ0) is 17.8. The third-order valence-electron chi connectivity index (χ3n) is 5.58. The maximum atomic E-state index is 13.1. The van der Waals surface area contributed by atoms with Crippen LogP contribution in [0.2, 0.25) is 0 Å². The normalized spacial score (nSPS) is 20.6. The Morgan fingerprint density at radius 2 is 1.50 bits per heavy atom. The van der Waals surface area contributed by atoms with E-state index in [0.717, 1.165) is 45.4 Å². The SMILES string of the molecule is O=C(C1CCC=C(c2ccccc2)C1)N1CCN(c2ccccc2)CC1. The van der Waals surface area contributed by atoms with Gasteiger partial charge in [0.05, 0.1) is 0 Å². The molecule has 1 saturated heterocycles. The molecule has 1 heterocycles. The summed E-state index contributed by atoms with van der Waals surface area (Å²) in [5.41, 5.74) is 3.85. The van der Waals surface area contributed by atoms with Gasteiger partial charge in [-0.2, -0.15) is 0 Å². The molecule has 4 rings (SSSR count). The minimum Gasteiger partial charge on any atom is -0.368 e. The zero-order valence-electron chi connectivity index (χ0n) is 15.2. The summed E-state index contributed by atoms with van der Waals surface area (Å²) < 4.78 is 0. The molecule has 26 heavy (non-hydrogen) atoms. The maximum absolute atomic E-state index is 13.1. The second-order valence-corrected chi connectivity index (χ2v) is 7.22. The van der Waals surface area contributed by atoms with E-state index in [-0.39, 0.29) is 5.92 Å². The Morgan fingerprint density at radius 1 is 0.846 bits per heavy atom. The number of hydrogen-bond donors (Lipinski definition) is 0. The molecule has 0 spiro atoms. The number of hydrogen-bond acceptors (Lipinski definition) is 2. The molecule has 2 aromatic carbocycles. The molecule has 0 saturated carbocycles. The van der Waals surface area contributed by atoms with Crippen LogP contribution in [0.4, 0.5) is 5.69 Å². The largest absolute Gasteiger partial charge is 0.368 e. The highest BCUT2D eigenvalue weighted by molar-refractivity contribution is 5.82. The van der Waals surface area contributed by atoms with E-state index in [0.29, 0.717) is 5.91 Å². The van der Waals surface area contributed by atoms with Crippen molar-refractivity contribution in [2.24, 2.45) is 5.92 Å². The number of amides is 1. The number of piperazine rings is 1. The van der Waals surface area contributed by atoms with E-state index >= 15 is 0 Å². The van der Waals surface area contributed by atoms with Gasteiger partial charge in [0, 0.05) is 37.8 Å². The summed E-state index contributed by atoms with van der Waals surface area (Å²) in [4.78, 5) is 17.5. The lowest BCUT2D eigenvalue weighted by molar-refractivity contribution is -0.136. The van der Waals surface area contributed by atoms with E-state index < -0.39 is 0 Å². The molecule has 134 valence electrons. The first-order chi connectivity index (χ1) is 12.8. The van der Waals surface area contributed by atoms with Gasteiger partial charge in [0.1, 0.15) is 0 Å². The smallest absolute Gasteiger partial charge is 0.226 e. The molecule has 1 fully saturated rings. The number of allylic oxidation sites excluding steroid dienone is 2. The Labute approximate surface area is 155 Å². The fourth-order valence-electron chi connectivity index (χ4n) is 4.09. The Bertz CT molecular complexity index is 761. The van der Waals surface area contributed by atoms with Crippen LogP contribution in [0.3, 0.4) is 0 Å². The van der Waals surface area contributed by atoms with Crippen LogP contribution in [0.5, 0.6) is 0 Å². The van der Waals surface area contributed by atoms with Crippen LogP contribution < -0.4 is 4.90 Å². The lowest BCUT2D eigenvalue weighted by atomic mass is 9.84. The first-order valence-electron chi connectivity index (χ1n) is 9.64. The molecule has 1 aliphatic carbocycles. The fourth-order valence-corrected chi connectivity index (χ4v) is 4.09. The average Bonchev–Trinajstić information content (AvgIpc) is 2.75. The van der Waals surface area contributed by atoms with Gasteiger partial charge in [-0.1, -0.05) is 54.6 Å². The van der Waals surface area contributed by atoms with Gasteiger partial charge in [-0.25, -0.2) is 0 Å². The van der Waals surface area contributed by atoms with Crippen molar-refractivity contribution in [1.29, 1.82) is 0 Å². The molecule has 2 aromatic rings. The molecule has 3 heteroatoms. The summed E-state index contributed by atoms with van der Waals surface area (Å²) >= 11 is 0. The second-order valence-electron chi connectivity index (χ2n) is 7.22. The van der Waals surface area contributed by atoms with Gasteiger partial charge >= 0.3 is 0 Å². The topological polar surface area (TPSA) is 23.6 Å². The van der Waals surface area contributed by atoms with Crippen LogP contribution in [-0.2, 0) is 4.79 Å². The highest BCUT2D eigenvalue weighted by Crippen LogP contribution is 2.32. The monoisotopic (exact) mass is 346 g/mol. The number of carbonyl (C=O) groups excluding carboxylic acids is 1. The fraction of sp³-hybridized carbons (Fsp3) is 0.348. The summed E-state index contributed by atoms with van der Waals surface area (Å²) in [6, 6.07) is 21.0. The highest BCUT2D eigenvalue weighted by atomic mass is 16.2. The first kappa shape index (κ1) is 16.9. The molecule has 1 aliphatic heterocycles. The van der Waals surface area contributed by atoms with Crippen LogP contribution in [0, 0.1) is 5.92 Å². The van der Waals surface area contributed by atoms with Crippen molar-refractivity contribution in [2.75, 3.05) is 31.1 Å². The standard InChI is InChI=1S/C23H26N2O/c26-23(21-11-7-10-20(18-21)19-8-3-1-4-9-19)25-16-14-24(15-17-25)22-12-5-2-6-13-22/h1-6,8-10,12-13,21H,7,11,14-18H2. The zero-order valence-corrected chi connectivity index (χ0v) is 15.2. The molecular weight excluding hydrogens is 320 g/mol. The predicted octanol–water partition coefficient (Wildman–Crippen LogP) is 4.22. The van der Waals surface area contributed by atoms with Gasteiger partial charge in [0.15, 0.2) is 0 Å². The van der Waals surface area contributed by atoms with Crippen molar-refractivity contribution in [3.05, 3.63) is 72.3 Å². The summed E-state index contributed by atoms with van der Waals surface area (Å²) in [5.74, 6) is 0.484. The first-order valence-corrected chi connectivity index (χ1v) is 9.64. The van der Waals surface area contributed by atoms with E-state index in [1.807, 2.05) is 12.1 Å². The number of anilines is 1. The average molecular weight is 346 g/mol. The summed E-state index contributed by atoms with van der Waals surface area (Å²) in [6.07, 6.45) is 5.17. The highest BCUT2D eigenvalue weighted by Gasteiger charge is 2.29. The Kier molecular flexibility index (Phi) is 5.05. The van der Waals surface area contributed by atoms with Crippen molar-refractivity contribution in [3.63, 3.8) is 0 Å². The number of rotatable bonds is 3. The van der Waals surface area contributed by atoms with Crippen LogP contribution >= 0.6 is 0 Å². The maximum Gasteiger partial charge on any atom is 0.226 e. The molecule has 0 N–H and O–H groups in total. The van der Waals surface area contributed by atoms with Crippen molar-refractivity contribution < 1.29 is 4.79 Å². The number of para-hydroxylation sites is 1. The Balaban J connectivity index is 1.36. The lowest BCUT2D eigenvalue weighted by Crippen LogP contribution is -2.50. The van der Waals surface area contributed by atoms with E-state index in [4.69, 9.17) is 0 Å². The van der Waals surface area contributed by atoms with E-state index in [9.17, 15) is 4.79 Å². The summed E-state index contributed by atoms with van der Waals surface area (Å²) in [6.45, 7) is 3.50. The Hall–Kier alpha value is -2.55. The van der Waals surface area contributed by atoms with Crippen LogP contribution in [0.1, 0.15) is 24.8 Å². The van der Waals surface area contributed by atoms with E-state index in [2.05, 4.69) is 64.4 Å². The predicted molar refractivity (Wildman–Crippen MR) is 107 cm³/mol. The molecule has 1 amide bonds. The van der Waals surface area contributed by atoms with Gasteiger partial charge < -0.3 is 9.80 Å². The van der Waals surface area contributed by atoms with Crippen molar-refractivity contribution in [3.8, 4) is 0 Å². The second kappa shape index (κ2) is 7.77. The van der Waals surface area contributed by atoms with Gasteiger partial charge in [-0.15, -0.1) is 0 Å². The van der Waals surface area contributed by atoms with Crippen molar-refractivity contribution in [2.45, 2.75) is 19.3 Å². The molecule has 0 bridgehead atoms. The van der Waals surface area contributed by atoms with Crippen molar-refractivity contribution in [1.82, 2.24) is 4.90 Å². The molecule has 1 atom stereocenters. The summed E-state index contributed by atoms with van der Waals surface area (Å²) in [7, 11) is 0. The molecule has 3 nitrogen and oxygen atoms in total. The van der Waals surface area contributed by atoms with Gasteiger partial charge in [-0.3, -0.25) is 4.79 Å². The van der Waals surface area contributed by atoms with E-state index in [1.165, 1.54) is 16.8 Å². The Morgan fingerprint density at radius 3 is 2.19 bits per heavy atom. The molecular formula is C23H26N2O. The lowest BCUT2D eigenvalue weighted by Gasteiger charge is -2.38. The number of benzene rings is 2. The molecule has 0 radical (unpaired) electrons. The van der Waals surface area contributed by atoms with Crippen LogP contribution in [0.25, 0.3) is 5.57 Å². The molecule has 1 unspecified atom stereocenters. The third-order valence-corrected chi connectivity index (χ3v) is 5.58. The van der Waals surface area contributed by atoms with Gasteiger partial charge in [0.25, 0.3) is 0 Å². The minimum atomic E-state index is 0.137. The number of nitrogens with zero attached hydrogens (tertiary/aromatic N) is 2. The van der Waals surface area contributed by atoms with E-state index in [1.54, 1.807) is 0 Å². The van der Waals surface area contributed by atoms with Gasteiger partial charge in [-0.05, 0) is 42.5 Å².